The number of carbonyl (C=O) groups is 2. The van der Waals surface area contributed by atoms with Crippen LogP contribution in [0.3, 0.4) is 0 Å². The average Bonchev–Trinajstić information content (AvgIpc) is 3.21. The molecule has 0 unspecified atom stereocenters. The molecule has 0 saturated heterocycles. The van der Waals surface area contributed by atoms with E-state index in [9.17, 15) is 9.59 Å². The van der Waals surface area contributed by atoms with Crippen molar-refractivity contribution in [3.63, 3.8) is 0 Å². The number of ether oxygens (including phenoxy) is 2. The molecule has 7 heteroatoms. The Hall–Kier alpha value is -3.09. The number of methoxy groups -OCH3 is 1. The predicted octanol–water partition coefficient (Wildman–Crippen LogP) is 2.70. The van der Waals surface area contributed by atoms with Gasteiger partial charge in [-0.3, -0.25) is 9.59 Å². The lowest BCUT2D eigenvalue weighted by Crippen LogP contribution is -2.43. The Morgan fingerprint density at radius 1 is 1.21 bits per heavy atom. The molecule has 2 atom stereocenters. The van der Waals surface area contributed by atoms with Crippen molar-refractivity contribution in [1.82, 2.24) is 15.6 Å². The minimum absolute atomic E-state index is 0.0394. The van der Waals surface area contributed by atoms with Crippen LogP contribution in [0.4, 0.5) is 0 Å². The number of carbonyl (C=O) groups excluding carboxylic acids is 2. The summed E-state index contributed by atoms with van der Waals surface area (Å²) in [6, 6.07) is 10.8. The Morgan fingerprint density at radius 3 is 2.79 bits per heavy atom. The lowest BCUT2D eigenvalue weighted by atomic mass is 10.0. The van der Waals surface area contributed by atoms with Crippen molar-refractivity contribution in [2.75, 3.05) is 13.7 Å². The number of rotatable bonds is 8. The van der Waals surface area contributed by atoms with Crippen LogP contribution in [0, 0.1) is 5.92 Å². The zero-order chi connectivity index (χ0) is 20.6. The number of pyridine rings is 1. The van der Waals surface area contributed by atoms with Gasteiger partial charge in [-0.15, -0.1) is 0 Å². The van der Waals surface area contributed by atoms with Gasteiger partial charge in [-0.05, 0) is 43.5 Å². The first-order chi connectivity index (χ1) is 14.1. The van der Waals surface area contributed by atoms with Crippen molar-refractivity contribution in [3.05, 3.63) is 53.7 Å². The van der Waals surface area contributed by atoms with Gasteiger partial charge in [0, 0.05) is 24.8 Å². The second-order valence-corrected chi connectivity index (χ2v) is 7.00. The van der Waals surface area contributed by atoms with Crippen LogP contribution in [0.15, 0.2) is 42.6 Å². The van der Waals surface area contributed by atoms with Crippen LogP contribution in [0.5, 0.6) is 11.6 Å². The molecule has 1 aliphatic carbocycles. The fraction of sp³-hybridized carbons (Fsp3) is 0.409. The van der Waals surface area contributed by atoms with Gasteiger partial charge in [-0.25, -0.2) is 4.98 Å². The second-order valence-electron chi connectivity index (χ2n) is 7.00. The molecule has 0 aliphatic heterocycles. The first-order valence-corrected chi connectivity index (χ1v) is 9.91. The van der Waals surface area contributed by atoms with Crippen molar-refractivity contribution >= 4 is 11.8 Å². The van der Waals surface area contributed by atoms with Crippen molar-refractivity contribution in [2.24, 2.45) is 5.92 Å². The van der Waals surface area contributed by atoms with Gasteiger partial charge < -0.3 is 20.1 Å². The molecule has 3 rings (SSSR count). The minimum Gasteiger partial charge on any atom is -0.494 e. The SMILES string of the molecule is CCOc1cccc(CNC(=O)[C@H]2CCC[C@H]2NC(=O)c2ccc(OC)nc2)c1. The number of hydrogen-bond acceptors (Lipinski definition) is 5. The summed E-state index contributed by atoms with van der Waals surface area (Å²) in [5.41, 5.74) is 1.43. The second kappa shape index (κ2) is 9.91. The van der Waals surface area contributed by atoms with Crippen LogP contribution in [0.1, 0.15) is 42.1 Å². The molecule has 0 radical (unpaired) electrons. The monoisotopic (exact) mass is 397 g/mol. The first-order valence-electron chi connectivity index (χ1n) is 9.91. The van der Waals surface area contributed by atoms with E-state index in [1.165, 1.54) is 13.3 Å². The highest BCUT2D eigenvalue weighted by atomic mass is 16.5. The van der Waals surface area contributed by atoms with Gasteiger partial charge in [-0.1, -0.05) is 18.6 Å². The zero-order valence-electron chi connectivity index (χ0n) is 16.8. The Balaban J connectivity index is 1.55. The van der Waals surface area contributed by atoms with Crippen LogP contribution < -0.4 is 20.1 Å². The molecule has 0 spiro atoms. The Bertz CT molecular complexity index is 838. The smallest absolute Gasteiger partial charge is 0.253 e. The zero-order valence-corrected chi connectivity index (χ0v) is 16.8. The molecule has 1 aromatic heterocycles. The normalized spacial score (nSPS) is 18.1. The summed E-state index contributed by atoms with van der Waals surface area (Å²) in [4.78, 5) is 29.3. The fourth-order valence-electron chi connectivity index (χ4n) is 3.57. The molecule has 1 aromatic carbocycles. The van der Waals surface area contributed by atoms with E-state index in [2.05, 4.69) is 15.6 Å². The molecule has 7 nitrogen and oxygen atoms in total. The standard InChI is InChI=1S/C22H27N3O4/c1-3-29-17-7-4-6-15(12-17)13-24-22(27)18-8-5-9-19(18)25-21(26)16-10-11-20(28-2)23-14-16/h4,6-7,10-12,14,18-19H,3,5,8-9,13H2,1-2H3,(H,24,27)(H,25,26)/t18-,19+/m0/s1. The molecule has 2 amide bonds. The van der Waals surface area contributed by atoms with Gasteiger partial charge in [0.05, 0.1) is 25.2 Å². The van der Waals surface area contributed by atoms with Crippen molar-refractivity contribution in [1.29, 1.82) is 0 Å². The average molecular weight is 397 g/mol. The maximum absolute atomic E-state index is 12.7. The third-order valence-corrected chi connectivity index (χ3v) is 5.05. The number of hydrogen-bond donors (Lipinski definition) is 2. The van der Waals surface area contributed by atoms with Crippen LogP contribution in [-0.2, 0) is 11.3 Å². The molecule has 1 aliphatic rings. The van der Waals surface area contributed by atoms with E-state index in [1.807, 2.05) is 31.2 Å². The first kappa shape index (κ1) is 20.6. The highest BCUT2D eigenvalue weighted by Gasteiger charge is 2.34. The summed E-state index contributed by atoms with van der Waals surface area (Å²) in [7, 11) is 1.52. The maximum atomic E-state index is 12.7. The van der Waals surface area contributed by atoms with E-state index in [0.717, 1.165) is 30.6 Å². The molecule has 1 saturated carbocycles. The number of nitrogens with zero attached hydrogens (tertiary/aromatic N) is 1. The molecular formula is C22H27N3O4. The number of benzene rings is 1. The molecule has 1 fully saturated rings. The molecule has 2 N–H and O–H groups in total. The summed E-state index contributed by atoms with van der Waals surface area (Å²) >= 11 is 0. The van der Waals surface area contributed by atoms with Gasteiger partial charge in [0.1, 0.15) is 5.75 Å². The van der Waals surface area contributed by atoms with E-state index < -0.39 is 0 Å². The summed E-state index contributed by atoms with van der Waals surface area (Å²) in [6.07, 6.45) is 3.93. The molecule has 154 valence electrons. The number of nitrogens with one attached hydrogen (secondary N) is 2. The van der Waals surface area contributed by atoms with E-state index in [0.29, 0.717) is 24.6 Å². The quantitative estimate of drug-likeness (QED) is 0.715. The molecule has 1 heterocycles. The third-order valence-electron chi connectivity index (χ3n) is 5.05. The number of aromatic nitrogens is 1. The molecular weight excluding hydrogens is 370 g/mol. The summed E-state index contributed by atoms with van der Waals surface area (Å²) < 4.78 is 10.5. The predicted molar refractivity (Wildman–Crippen MR) is 109 cm³/mol. The highest BCUT2D eigenvalue weighted by Crippen LogP contribution is 2.26. The highest BCUT2D eigenvalue weighted by molar-refractivity contribution is 5.94. The Labute approximate surface area is 170 Å². The van der Waals surface area contributed by atoms with Crippen LogP contribution in [-0.4, -0.2) is 36.6 Å². The van der Waals surface area contributed by atoms with E-state index >= 15 is 0 Å². The van der Waals surface area contributed by atoms with E-state index in [-0.39, 0.29) is 23.8 Å². The lowest BCUT2D eigenvalue weighted by molar-refractivity contribution is -0.125. The summed E-state index contributed by atoms with van der Waals surface area (Å²) in [6.45, 7) is 2.97. The van der Waals surface area contributed by atoms with Gasteiger partial charge in [0.15, 0.2) is 0 Å². The minimum atomic E-state index is -0.236. The third kappa shape index (κ3) is 5.47. The van der Waals surface area contributed by atoms with Gasteiger partial charge >= 0.3 is 0 Å². The van der Waals surface area contributed by atoms with Crippen molar-refractivity contribution < 1.29 is 19.1 Å². The fourth-order valence-corrected chi connectivity index (χ4v) is 3.57. The van der Waals surface area contributed by atoms with E-state index in [1.54, 1.807) is 12.1 Å². The Kier molecular flexibility index (Phi) is 7.05. The maximum Gasteiger partial charge on any atom is 0.253 e. The molecule has 2 aromatic rings. The summed E-state index contributed by atoms with van der Waals surface area (Å²) in [5, 5.41) is 5.98. The van der Waals surface area contributed by atoms with Crippen molar-refractivity contribution in [3.8, 4) is 11.6 Å². The van der Waals surface area contributed by atoms with Gasteiger partial charge in [0.2, 0.25) is 11.8 Å². The lowest BCUT2D eigenvalue weighted by Gasteiger charge is -2.20. The van der Waals surface area contributed by atoms with E-state index in [4.69, 9.17) is 9.47 Å². The molecule has 0 bridgehead atoms. The number of amides is 2. The summed E-state index contributed by atoms with van der Waals surface area (Å²) in [5.74, 6) is 0.739. The largest absolute Gasteiger partial charge is 0.494 e. The Morgan fingerprint density at radius 2 is 2.07 bits per heavy atom. The van der Waals surface area contributed by atoms with Gasteiger partial charge in [-0.2, -0.15) is 0 Å². The van der Waals surface area contributed by atoms with Crippen molar-refractivity contribution in [2.45, 2.75) is 38.8 Å². The van der Waals surface area contributed by atoms with Gasteiger partial charge in [0.25, 0.3) is 5.91 Å². The van der Waals surface area contributed by atoms with Crippen LogP contribution >= 0.6 is 0 Å². The molecule has 29 heavy (non-hydrogen) atoms. The van der Waals surface area contributed by atoms with Crippen LogP contribution in [0.2, 0.25) is 0 Å². The van der Waals surface area contributed by atoms with Crippen LogP contribution in [0.25, 0.3) is 0 Å². The topological polar surface area (TPSA) is 89.6 Å².